The first kappa shape index (κ1) is 17.1. The Morgan fingerprint density at radius 3 is 2.48 bits per heavy atom. The first-order valence-electron chi connectivity index (χ1n) is 7.34. The van der Waals surface area contributed by atoms with Crippen molar-refractivity contribution in [3.63, 3.8) is 0 Å². The summed E-state index contributed by atoms with van der Waals surface area (Å²) in [5.74, 6) is -1.18. The quantitative estimate of drug-likeness (QED) is 0.821. The van der Waals surface area contributed by atoms with Gasteiger partial charge >= 0.3 is 0 Å². The number of anilines is 1. The van der Waals surface area contributed by atoms with Gasteiger partial charge in [0.05, 0.1) is 5.56 Å². The van der Waals surface area contributed by atoms with Crippen LogP contribution in [0.3, 0.4) is 0 Å². The van der Waals surface area contributed by atoms with Crippen LogP contribution in [0.15, 0.2) is 36.4 Å². The molecule has 0 spiro atoms. The maximum atomic E-state index is 14.0. The first-order valence-corrected chi connectivity index (χ1v) is 7.34. The lowest BCUT2D eigenvalue weighted by Gasteiger charge is -2.13. The number of ketones is 1. The highest BCUT2D eigenvalue weighted by molar-refractivity contribution is 5.99. The van der Waals surface area contributed by atoms with Gasteiger partial charge in [0.25, 0.3) is 0 Å². The molecule has 0 fully saturated rings. The van der Waals surface area contributed by atoms with Gasteiger partial charge in [-0.15, -0.1) is 0 Å². The fourth-order valence-electron chi connectivity index (χ4n) is 2.40. The molecule has 0 heterocycles. The van der Waals surface area contributed by atoms with Crippen LogP contribution < -0.4 is 5.32 Å². The molecule has 0 aliphatic heterocycles. The molecule has 0 unspecified atom stereocenters. The number of rotatable bonds is 6. The summed E-state index contributed by atoms with van der Waals surface area (Å²) in [6.07, 6.45) is 0. The third-order valence-corrected chi connectivity index (χ3v) is 3.45. The van der Waals surface area contributed by atoms with E-state index in [0.29, 0.717) is 24.3 Å². The van der Waals surface area contributed by atoms with Crippen molar-refractivity contribution in [2.75, 3.05) is 19.4 Å². The Bertz CT molecular complexity index is 714. The Kier molecular flexibility index (Phi) is 5.45. The number of carbonyl (C=O) groups excluding carboxylic acids is 1. The van der Waals surface area contributed by atoms with E-state index < -0.39 is 5.82 Å². The highest BCUT2D eigenvalue weighted by Gasteiger charge is 2.13. The van der Waals surface area contributed by atoms with Gasteiger partial charge in [-0.1, -0.05) is 18.2 Å². The minimum absolute atomic E-state index is 0.0252. The Labute approximate surface area is 134 Å². The number of halogens is 2. The summed E-state index contributed by atoms with van der Waals surface area (Å²) in [5, 5.41) is 3.00. The minimum atomic E-state index is -0.560. The zero-order chi connectivity index (χ0) is 17.0. The molecule has 0 radical (unpaired) electrons. The van der Waals surface area contributed by atoms with Crippen molar-refractivity contribution in [3.8, 4) is 0 Å². The maximum Gasteiger partial charge on any atom is 0.164 e. The highest BCUT2D eigenvalue weighted by atomic mass is 19.1. The Hall–Kier alpha value is -2.27. The normalized spacial score (nSPS) is 10.9. The van der Waals surface area contributed by atoms with E-state index in [1.54, 1.807) is 12.1 Å². The number of nitrogens with zero attached hydrogens (tertiary/aromatic N) is 1. The van der Waals surface area contributed by atoms with Crippen molar-refractivity contribution in [1.29, 1.82) is 0 Å². The summed E-state index contributed by atoms with van der Waals surface area (Å²) < 4.78 is 27.8. The summed E-state index contributed by atoms with van der Waals surface area (Å²) in [6, 6.07) is 9.43. The van der Waals surface area contributed by atoms with Gasteiger partial charge in [-0.3, -0.25) is 4.79 Å². The number of benzene rings is 2. The standard InChI is InChI=1S/C18H20F2N2O/c1-12(23)18-15(19)5-4-6-17(18)21-10-13-7-8-14(11-22(2)3)16(20)9-13/h4-9,21H,10-11H2,1-3H3. The lowest BCUT2D eigenvalue weighted by Crippen LogP contribution is -2.12. The summed E-state index contributed by atoms with van der Waals surface area (Å²) in [5.41, 5.74) is 1.78. The number of carbonyl (C=O) groups is 1. The Balaban J connectivity index is 2.14. The number of nitrogens with one attached hydrogen (secondary N) is 1. The third-order valence-electron chi connectivity index (χ3n) is 3.45. The second-order valence-corrected chi connectivity index (χ2v) is 5.74. The average Bonchev–Trinajstić information content (AvgIpc) is 2.46. The molecule has 0 saturated carbocycles. The highest BCUT2D eigenvalue weighted by Crippen LogP contribution is 2.21. The molecule has 0 amide bonds. The molecule has 0 saturated heterocycles. The van der Waals surface area contributed by atoms with E-state index in [9.17, 15) is 13.6 Å². The van der Waals surface area contributed by atoms with Crippen molar-refractivity contribution in [1.82, 2.24) is 4.90 Å². The zero-order valence-corrected chi connectivity index (χ0v) is 13.5. The molecule has 23 heavy (non-hydrogen) atoms. The second-order valence-electron chi connectivity index (χ2n) is 5.74. The zero-order valence-electron chi connectivity index (χ0n) is 13.5. The van der Waals surface area contributed by atoms with Crippen LogP contribution in [0.4, 0.5) is 14.5 Å². The van der Waals surface area contributed by atoms with Crippen LogP contribution >= 0.6 is 0 Å². The summed E-state index contributed by atoms with van der Waals surface area (Å²) in [4.78, 5) is 13.4. The summed E-state index contributed by atoms with van der Waals surface area (Å²) in [6.45, 7) is 2.15. The van der Waals surface area contributed by atoms with Gasteiger partial charge in [0.1, 0.15) is 11.6 Å². The maximum absolute atomic E-state index is 14.0. The van der Waals surface area contributed by atoms with Crippen LogP contribution in [0.25, 0.3) is 0 Å². The first-order chi connectivity index (χ1) is 10.9. The molecule has 122 valence electrons. The second kappa shape index (κ2) is 7.33. The monoisotopic (exact) mass is 318 g/mol. The lowest BCUT2D eigenvalue weighted by atomic mass is 10.1. The molecule has 5 heteroatoms. The van der Waals surface area contributed by atoms with Gasteiger partial charge in [-0.05, 0) is 44.8 Å². The molecule has 2 aromatic carbocycles. The van der Waals surface area contributed by atoms with E-state index >= 15 is 0 Å². The number of Topliss-reactive ketones (excluding diaryl/α,β-unsaturated/α-hetero) is 1. The molecular formula is C18H20F2N2O. The van der Waals surface area contributed by atoms with Gasteiger partial charge in [0.15, 0.2) is 5.78 Å². The van der Waals surface area contributed by atoms with Crippen molar-refractivity contribution >= 4 is 11.5 Å². The van der Waals surface area contributed by atoms with Gasteiger partial charge in [0, 0.05) is 24.3 Å². The number of hydrogen-bond donors (Lipinski definition) is 1. The third kappa shape index (κ3) is 4.36. The molecule has 2 aromatic rings. The van der Waals surface area contributed by atoms with Gasteiger partial charge in [-0.2, -0.15) is 0 Å². The summed E-state index contributed by atoms with van der Waals surface area (Å²) in [7, 11) is 3.75. The topological polar surface area (TPSA) is 32.3 Å². The van der Waals surface area contributed by atoms with E-state index in [0.717, 1.165) is 5.56 Å². The molecule has 0 atom stereocenters. The van der Waals surface area contributed by atoms with Crippen LogP contribution in [0, 0.1) is 11.6 Å². The van der Waals surface area contributed by atoms with Crippen LogP contribution in [-0.2, 0) is 13.1 Å². The predicted octanol–water partition coefficient (Wildman–Crippen LogP) is 3.84. The van der Waals surface area contributed by atoms with Crippen LogP contribution in [-0.4, -0.2) is 24.8 Å². The van der Waals surface area contributed by atoms with Gasteiger partial charge < -0.3 is 10.2 Å². The van der Waals surface area contributed by atoms with Crippen LogP contribution in [0.5, 0.6) is 0 Å². The van der Waals surface area contributed by atoms with E-state index in [1.807, 2.05) is 25.1 Å². The minimum Gasteiger partial charge on any atom is -0.380 e. The van der Waals surface area contributed by atoms with Crippen molar-refractivity contribution in [2.45, 2.75) is 20.0 Å². The average molecular weight is 318 g/mol. The molecule has 2 rings (SSSR count). The van der Waals surface area contributed by atoms with E-state index in [1.165, 1.54) is 25.1 Å². The van der Waals surface area contributed by atoms with Crippen LogP contribution in [0.1, 0.15) is 28.4 Å². The molecule has 0 aliphatic rings. The Morgan fingerprint density at radius 2 is 1.87 bits per heavy atom. The SMILES string of the molecule is CC(=O)c1c(F)cccc1NCc1ccc(CN(C)C)c(F)c1. The van der Waals surface area contributed by atoms with Gasteiger partial charge in [-0.25, -0.2) is 8.78 Å². The fourth-order valence-corrected chi connectivity index (χ4v) is 2.40. The molecule has 0 aromatic heterocycles. The molecular weight excluding hydrogens is 298 g/mol. The van der Waals surface area contributed by atoms with Crippen molar-refractivity contribution < 1.29 is 13.6 Å². The molecule has 0 aliphatic carbocycles. The van der Waals surface area contributed by atoms with E-state index in [2.05, 4.69) is 5.32 Å². The molecule has 0 bridgehead atoms. The van der Waals surface area contributed by atoms with E-state index in [-0.39, 0.29) is 17.2 Å². The Morgan fingerprint density at radius 1 is 1.13 bits per heavy atom. The molecule has 3 nitrogen and oxygen atoms in total. The lowest BCUT2D eigenvalue weighted by molar-refractivity contribution is 0.101. The fraction of sp³-hybridized carbons (Fsp3) is 0.278. The predicted molar refractivity (Wildman–Crippen MR) is 87.5 cm³/mol. The van der Waals surface area contributed by atoms with Gasteiger partial charge in [0.2, 0.25) is 0 Å². The summed E-state index contributed by atoms with van der Waals surface area (Å²) >= 11 is 0. The largest absolute Gasteiger partial charge is 0.380 e. The van der Waals surface area contributed by atoms with Crippen molar-refractivity contribution in [3.05, 3.63) is 64.7 Å². The van der Waals surface area contributed by atoms with Crippen LogP contribution in [0.2, 0.25) is 0 Å². The smallest absolute Gasteiger partial charge is 0.164 e. The molecule has 1 N–H and O–H groups in total. The van der Waals surface area contributed by atoms with Crippen molar-refractivity contribution in [2.24, 2.45) is 0 Å². The van der Waals surface area contributed by atoms with E-state index in [4.69, 9.17) is 0 Å². The number of hydrogen-bond acceptors (Lipinski definition) is 3.